The lowest BCUT2D eigenvalue weighted by Crippen LogP contribution is -2.29. The highest BCUT2D eigenvalue weighted by Gasteiger charge is 2.29. The Morgan fingerprint density at radius 1 is 1.15 bits per heavy atom. The summed E-state index contributed by atoms with van der Waals surface area (Å²) in [7, 11) is 2.05. The largest absolute Gasteiger partial charge is 0.320 e. The minimum atomic E-state index is 0.559. The van der Waals surface area contributed by atoms with Crippen molar-refractivity contribution in [3.05, 3.63) is 0 Å². The predicted molar refractivity (Wildman–Crippen MR) is 58.9 cm³/mol. The number of hydrogen-bond acceptors (Lipinski definition) is 1. The van der Waals surface area contributed by atoms with E-state index in [1.54, 1.807) is 0 Å². The van der Waals surface area contributed by atoms with Gasteiger partial charge in [-0.05, 0) is 44.2 Å². The molecule has 0 aliphatic heterocycles. The molecule has 1 saturated carbocycles. The molecule has 78 valence electrons. The Bertz CT molecular complexity index is 134. The lowest BCUT2D eigenvalue weighted by atomic mass is 9.69. The van der Waals surface area contributed by atoms with Gasteiger partial charge in [0, 0.05) is 0 Å². The van der Waals surface area contributed by atoms with Gasteiger partial charge in [-0.2, -0.15) is 0 Å². The van der Waals surface area contributed by atoms with E-state index in [4.69, 9.17) is 0 Å². The quantitative estimate of drug-likeness (QED) is 0.705. The molecule has 0 aromatic rings. The molecular formula is C12H25N. The van der Waals surface area contributed by atoms with E-state index >= 15 is 0 Å². The Morgan fingerprint density at radius 2 is 1.77 bits per heavy atom. The van der Waals surface area contributed by atoms with Crippen molar-refractivity contribution in [3.63, 3.8) is 0 Å². The van der Waals surface area contributed by atoms with Gasteiger partial charge in [-0.3, -0.25) is 0 Å². The summed E-state index contributed by atoms with van der Waals surface area (Å²) in [6.45, 7) is 6.06. The van der Waals surface area contributed by atoms with Crippen LogP contribution in [-0.2, 0) is 0 Å². The molecule has 0 atom stereocenters. The Morgan fingerprint density at radius 3 is 2.31 bits per heavy atom. The van der Waals surface area contributed by atoms with Crippen LogP contribution in [0.3, 0.4) is 0 Å². The van der Waals surface area contributed by atoms with Crippen molar-refractivity contribution in [2.75, 3.05) is 13.6 Å². The van der Waals surface area contributed by atoms with Gasteiger partial charge in [-0.1, -0.05) is 33.1 Å². The highest BCUT2D eigenvalue weighted by atomic mass is 14.8. The second-order valence-electron chi connectivity index (χ2n) is 5.18. The van der Waals surface area contributed by atoms with Gasteiger partial charge in [-0.15, -0.1) is 0 Å². The SMILES string of the molecule is CNCCC(C)(C)C1CCCCC1. The molecule has 0 aromatic heterocycles. The molecule has 1 heteroatoms. The third kappa shape index (κ3) is 3.30. The van der Waals surface area contributed by atoms with Gasteiger partial charge in [0.05, 0.1) is 0 Å². The van der Waals surface area contributed by atoms with Crippen LogP contribution in [0.25, 0.3) is 0 Å². The van der Waals surface area contributed by atoms with E-state index in [9.17, 15) is 0 Å². The Labute approximate surface area is 83.3 Å². The molecule has 0 aromatic carbocycles. The lowest BCUT2D eigenvalue weighted by molar-refractivity contribution is 0.146. The van der Waals surface area contributed by atoms with Crippen LogP contribution in [0.5, 0.6) is 0 Å². The molecule has 13 heavy (non-hydrogen) atoms. The second kappa shape index (κ2) is 4.99. The van der Waals surface area contributed by atoms with Gasteiger partial charge in [0.2, 0.25) is 0 Å². The maximum atomic E-state index is 3.26. The number of hydrogen-bond donors (Lipinski definition) is 1. The van der Waals surface area contributed by atoms with E-state index in [1.807, 2.05) is 0 Å². The van der Waals surface area contributed by atoms with E-state index in [0.29, 0.717) is 5.41 Å². The number of rotatable bonds is 4. The fraction of sp³-hybridized carbons (Fsp3) is 1.00. The van der Waals surface area contributed by atoms with Crippen LogP contribution in [0.1, 0.15) is 52.4 Å². The molecule has 1 nitrogen and oxygen atoms in total. The van der Waals surface area contributed by atoms with Crippen LogP contribution in [0.2, 0.25) is 0 Å². The summed E-state index contributed by atoms with van der Waals surface area (Å²) in [5.41, 5.74) is 0.559. The van der Waals surface area contributed by atoms with Crippen molar-refractivity contribution in [3.8, 4) is 0 Å². The van der Waals surface area contributed by atoms with E-state index in [2.05, 4.69) is 26.2 Å². The number of nitrogens with one attached hydrogen (secondary N) is 1. The fourth-order valence-electron chi connectivity index (χ4n) is 2.54. The minimum Gasteiger partial charge on any atom is -0.320 e. The molecule has 0 radical (unpaired) electrons. The molecule has 0 amide bonds. The Kier molecular flexibility index (Phi) is 4.24. The van der Waals surface area contributed by atoms with Crippen molar-refractivity contribution >= 4 is 0 Å². The normalized spacial score (nSPS) is 20.5. The summed E-state index contributed by atoms with van der Waals surface area (Å²) in [5.74, 6) is 0.981. The molecule has 1 fully saturated rings. The zero-order valence-electron chi connectivity index (χ0n) is 9.53. The Hall–Kier alpha value is -0.0400. The summed E-state index contributed by atoms with van der Waals surface area (Å²) in [4.78, 5) is 0. The molecule has 0 bridgehead atoms. The second-order valence-corrected chi connectivity index (χ2v) is 5.18. The predicted octanol–water partition coefficient (Wildman–Crippen LogP) is 3.20. The zero-order valence-corrected chi connectivity index (χ0v) is 9.53. The molecule has 0 heterocycles. The lowest BCUT2D eigenvalue weighted by Gasteiger charge is -2.37. The molecular weight excluding hydrogens is 158 g/mol. The highest BCUT2D eigenvalue weighted by molar-refractivity contribution is 4.81. The van der Waals surface area contributed by atoms with E-state index in [-0.39, 0.29) is 0 Å². The summed E-state index contributed by atoms with van der Waals surface area (Å²) in [5, 5.41) is 3.26. The van der Waals surface area contributed by atoms with Crippen molar-refractivity contribution in [2.24, 2.45) is 11.3 Å². The van der Waals surface area contributed by atoms with Crippen molar-refractivity contribution in [1.82, 2.24) is 5.32 Å². The first-order valence-electron chi connectivity index (χ1n) is 5.81. The minimum absolute atomic E-state index is 0.559. The third-order valence-corrected chi connectivity index (χ3v) is 3.73. The van der Waals surface area contributed by atoms with Gasteiger partial charge in [0.15, 0.2) is 0 Å². The van der Waals surface area contributed by atoms with Gasteiger partial charge in [0.25, 0.3) is 0 Å². The molecule has 1 N–H and O–H groups in total. The van der Waals surface area contributed by atoms with Gasteiger partial charge in [-0.25, -0.2) is 0 Å². The third-order valence-electron chi connectivity index (χ3n) is 3.73. The standard InChI is InChI=1S/C12H25N/c1-12(2,9-10-13-3)11-7-5-4-6-8-11/h11,13H,4-10H2,1-3H3. The molecule has 1 aliphatic carbocycles. The fourth-order valence-corrected chi connectivity index (χ4v) is 2.54. The van der Waals surface area contributed by atoms with E-state index in [0.717, 1.165) is 5.92 Å². The highest BCUT2D eigenvalue weighted by Crippen LogP contribution is 2.40. The molecule has 1 aliphatic rings. The maximum absolute atomic E-state index is 3.26. The van der Waals surface area contributed by atoms with E-state index in [1.165, 1.54) is 45.1 Å². The van der Waals surface area contributed by atoms with Crippen molar-refractivity contribution in [2.45, 2.75) is 52.4 Å². The molecule has 1 rings (SSSR count). The summed E-state index contributed by atoms with van der Waals surface area (Å²) in [6.07, 6.45) is 8.67. The van der Waals surface area contributed by atoms with Crippen molar-refractivity contribution < 1.29 is 0 Å². The summed E-state index contributed by atoms with van der Waals surface area (Å²) < 4.78 is 0. The first-order chi connectivity index (χ1) is 6.17. The first kappa shape index (κ1) is 11.0. The van der Waals surface area contributed by atoms with Crippen LogP contribution in [0, 0.1) is 11.3 Å². The van der Waals surface area contributed by atoms with Crippen LogP contribution >= 0.6 is 0 Å². The molecule has 0 unspecified atom stereocenters. The van der Waals surface area contributed by atoms with Gasteiger partial charge in [0.1, 0.15) is 0 Å². The monoisotopic (exact) mass is 183 g/mol. The zero-order chi connectivity index (χ0) is 9.73. The molecule has 0 saturated heterocycles. The van der Waals surface area contributed by atoms with E-state index < -0.39 is 0 Å². The van der Waals surface area contributed by atoms with Crippen LogP contribution in [0.4, 0.5) is 0 Å². The topological polar surface area (TPSA) is 12.0 Å². The van der Waals surface area contributed by atoms with Crippen molar-refractivity contribution in [1.29, 1.82) is 0 Å². The summed E-state index contributed by atoms with van der Waals surface area (Å²) in [6, 6.07) is 0. The van der Waals surface area contributed by atoms with Crippen LogP contribution < -0.4 is 5.32 Å². The molecule has 0 spiro atoms. The Balaban J connectivity index is 2.36. The average molecular weight is 183 g/mol. The van der Waals surface area contributed by atoms with Gasteiger partial charge < -0.3 is 5.32 Å². The first-order valence-corrected chi connectivity index (χ1v) is 5.81. The average Bonchev–Trinajstić information content (AvgIpc) is 2.16. The smallest absolute Gasteiger partial charge is 0.00467 e. The van der Waals surface area contributed by atoms with Crippen LogP contribution in [0.15, 0.2) is 0 Å². The van der Waals surface area contributed by atoms with Gasteiger partial charge >= 0.3 is 0 Å². The van der Waals surface area contributed by atoms with Crippen LogP contribution in [-0.4, -0.2) is 13.6 Å². The maximum Gasteiger partial charge on any atom is -0.00467 e. The summed E-state index contributed by atoms with van der Waals surface area (Å²) >= 11 is 0.